The molecular formula is C26H36F3N5O4. The van der Waals surface area contributed by atoms with Gasteiger partial charge >= 0.3 is 5.92 Å². The van der Waals surface area contributed by atoms with Crippen LogP contribution >= 0.6 is 0 Å². The van der Waals surface area contributed by atoms with E-state index in [1.54, 1.807) is 18.7 Å². The fraction of sp³-hybridized carbons (Fsp3) is 0.615. The van der Waals surface area contributed by atoms with Crippen LogP contribution in [-0.2, 0) is 19.2 Å². The summed E-state index contributed by atoms with van der Waals surface area (Å²) in [5.41, 5.74) is 0.218. The third-order valence-corrected chi connectivity index (χ3v) is 7.13. The molecular weight excluding hydrogens is 503 g/mol. The molecule has 0 unspecified atom stereocenters. The first-order valence-electron chi connectivity index (χ1n) is 12.9. The van der Waals surface area contributed by atoms with E-state index in [-0.39, 0.29) is 36.8 Å². The summed E-state index contributed by atoms with van der Waals surface area (Å²) in [4.78, 5) is 53.6. The van der Waals surface area contributed by atoms with Gasteiger partial charge in [0.1, 0.15) is 17.9 Å². The number of likely N-dealkylation sites (N-methyl/N-ethyl adjacent to an activating group) is 1. The molecule has 0 aromatic heterocycles. The largest absolute Gasteiger partial charge is 0.344 e. The fourth-order valence-electron chi connectivity index (χ4n) is 4.24. The molecule has 0 radical (unpaired) electrons. The van der Waals surface area contributed by atoms with Crippen molar-refractivity contribution in [3.63, 3.8) is 0 Å². The van der Waals surface area contributed by atoms with Gasteiger partial charge in [0.05, 0.1) is 5.69 Å². The van der Waals surface area contributed by atoms with Gasteiger partial charge in [-0.1, -0.05) is 19.9 Å². The molecule has 1 aromatic rings. The first-order chi connectivity index (χ1) is 17.8. The van der Waals surface area contributed by atoms with E-state index >= 15 is 0 Å². The summed E-state index contributed by atoms with van der Waals surface area (Å²) >= 11 is 0. The van der Waals surface area contributed by atoms with Crippen LogP contribution in [0.4, 0.5) is 18.9 Å². The van der Waals surface area contributed by atoms with Crippen molar-refractivity contribution in [2.24, 2.45) is 5.92 Å². The Balaban J connectivity index is 1.69. The lowest BCUT2D eigenvalue weighted by Gasteiger charge is -2.36. The Bertz CT molecular complexity index is 1060. The van der Waals surface area contributed by atoms with Gasteiger partial charge in [-0.2, -0.15) is 8.78 Å². The number of anilines is 1. The first kappa shape index (κ1) is 29.4. The summed E-state index contributed by atoms with van der Waals surface area (Å²) in [6.07, 6.45) is 0.682. The summed E-state index contributed by atoms with van der Waals surface area (Å²) in [6, 6.07) is 1.75. The van der Waals surface area contributed by atoms with Crippen LogP contribution in [0.15, 0.2) is 18.2 Å². The molecule has 3 atom stereocenters. The Morgan fingerprint density at radius 3 is 2.24 bits per heavy atom. The quantitative estimate of drug-likeness (QED) is 0.422. The number of nitrogens with zero attached hydrogens (tertiary/aromatic N) is 2. The van der Waals surface area contributed by atoms with Crippen LogP contribution < -0.4 is 16.0 Å². The monoisotopic (exact) mass is 539 g/mol. The SMILES string of the molecule is CCC(=O)N[C@@H](C(=O)N1CCN(C)CC1)[C@@H](C)c1ccc(NC(=O)[C@H](C)NC(=O)C(F)(F)C2CC2)c(F)c1. The van der Waals surface area contributed by atoms with Gasteiger partial charge in [-0.25, -0.2) is 4.39 Å². The van der Waals surface area contributed by atoms with Crippen molar-refractivity contribution in [3.05, 3.63) is 29.6 Å². The fourth-order valence-corrected chi connectivity index (χ4v) is 4.24. The lowest BCUT2D eigenvalue weighted by Crippen LogP contribution is -2.55. The number of benzene rings is 1. The van der Waals surface area contributed by atoms with E-state index in [0.29, 0.717) is 31.7 Å². The van der Waals surface area contributed by atoms with E-state index < -0.39 is 47.5 Å². The van der Waals surface area contributed by atoms with Gasteiger partial charge in [-0.05, 0) is 44.5 Å². The zero-order valence-corrected chi connectivity index (χ0v) is 22.2. The minimum Gasteiger partial charge on any atom is -0.344 e. The maximum atomic E-state index is 15.0. The number of hydrogen-bond donors (Lipinski definition) is 3. The molecule has 9 nitrogen and oxygen atoms in total. The zero-order valence-electron chi connectivity index (χ0n) is 22.2. The average Bonchev–Trinajstić information content (AvgIpc) is 3.74. The normalized spacial score (nSPS) is 18.8. The van der Waals surface area contributed by atoms with Gasteiger partial charge in [0, 0.05) is 44.4 Å². The number of halogens is 3. The Hall–Kier alpha value is -3.15. The highest BCUT2D eigenvalue weighted by molar-refractivity contribution is 5.98. The lowest BCUT2D eigenvalue weighted by atomic mass is 9.91. The predicted octanol–water partition coefficient (Wildman–Crippen LogP) is 2.09. The second-order valence-corrected chi connectivity index (χ2v) is 10.1. The molecule has 1 aliphatic carbocycles. The Morgan fingerprint density at radius 1 is 1.05 bits per heavy atom. The predicted molar refractivity (Wildman–Crippen MR) is 135 cm³/mol. The third kappa shape index (κ3) is 7.03. The number of piperazine rings is 1. The molecule has 2 aliphatic rings. The summed E-state index contributed by atoms with van der Waals surface area (Å²) in [5.74, 6) is -8.91. The van der Waals surface area contributed by atoms with Crippen LogP contribution in [0.5, 0.6) is 0 Å². The number of amides is 4. The van der Waals surface area contributed by atoms with Gasteiger partial charge in [0.25, 0.3) is 5.91 Å². The molecule has 3 rings (SSSR count). The highest BCUT2D eigenvalue weighted by Gasteiger charge is 2.53. The number of rotatable bonds is 10. The van der Waals surface area contributed by atoms with Crippen LogP contribution in [0.1, 0.15) is 51.5 Å². The van der Waals surface area contributed by atoms with Gasteiger partial charge in [-0.15, -0.1) is 0 Å². The van der Waals surface area contributed by atoms with E-state index in [4.69, 9.17) is 0 Å². The van der Waals surface area contributed by atoms with Crippen molar-refractivity contribution in [1.82, 2.24) is 20.4 Å². The van der Waals surface area contributed by atoms with Crippen LogP contribution in [0, 0.1) is 11.7 Å². The minimum atomic E-state index is -3.55. The van der Waals surface area contributed by atoms with Crippen molar-refractivity contribution < 1.29 is 32.3 Å². The van der Waals surface area contributed by atoms with Crippen LogP contribution in [0.25, 0.3) is 0 Å². The molecule has 4 amide bonds. The third-order valence-electron chi connectivity index (χ3n) is 7.13. The Labute approximate surface area is 220 Å². The molecule has 1 saturated heterocycles. The van der Waals surface area contributed by atoms with Crippen LogP contribution in [0.3, 0.4) is 0 Å². The molecule has 210 valence electrons. The van der Waals surface area contributed by atoms with Crippen molar-refractivity contribution in [2.45, 2.75) is 64.0 Å². The molecule has 0 bridgehead atoms. The number of carbonyl (C=O) groups excluding carboxylic acids is 4. The topological polar surface area (TPSA) is 111 Å². The van der Waals surface area contributed by atoms with Crippen molar-refractivity contribution in [1.29, 1.82) is 0 Å². The van der Waals surface area contributed by atoms with Crippen molar-refractivity contribution >= 4 is 29.3 Å². The van der Waals surface area contributed by atoms with Crippen molar-refractivity contribution in [2.75, 3.05) is 38.5 Å². The molecule has 2 fully saturated rings. The van der Waals surface area contributed by atoms with Gasteiger partial charge < -0.3 is 25.8 Å². The lowest BCUT2D eigenvalue weighted by molar-refractivity contribution is -0.150. The molecule has 0 spiro atoms. The molecule has 1 aliphatic heterocycles. The molecule has 1 saturated carbocycles. The minimum absolute atomic E-state index is 0.180. The van der Waals surface area contributed by atoms with Crippen LogP contribution in [-0.4, -0.2) is 84.7 Å². The van der Waals surface area contributed by atoms with Gasteiger partial charge in [0.15, 0.2) is 0 Å². The molecule has 12 heteroatoms. The molecule has 38 heavy (non-hydrogen) atoms. The average molecular weight is 540 g/mol. The van der Waals surface area contributed by atoms with E-state index in [0.717, 1.165) is 6.07 Å². The first-order valence-corrected chi connectivity index (χ1v) is 12.9. The second-order valence-electron chi connectivity index (χ2n) is 10.1. The second kappa shape index (κ2) is 12.1. The Kier molecular flexibility index (Phi) is 9.40. The highest BCUT2D eigenvalue weighted by Crippen LogP contribution is 2.43. The molecule has 1 heterocycles. The Morgan fingerprint density at radius 2 is 1.68 bits per heavy atom. The van der Waals surface area contributed by atoms with Crippen molar-refractivity contribution in [3.8, 4) is 0 Å². The number of nitrogens with one attached hydrogen (secondary N) is 3. The van der Waals surface area contributed by atoms with E-state index in [1.807, 2.05) is 12.4 Å². The van der Waals surface area contributed by atoms with E-state index in [9.17, 15) is 32.3 Å². The van der Waals surface area contributed by atoms with Gasteiger partial charge in [0.2, 0.25) is 17.7 Å². The standard InChI is InChI=1S/C26H36F3N5O4/c1-5-21(35)32-22(24(37)34-12-10-33(4)11-13-34)15(2)17-6-9-20(19(27)14-17)31-23(36)16(3)30-25(38)26(28,29)18-7-8-18/h6,9,14-16,18,22H,5,7-8,10-13H2,1-4H3,(H,30,38)(H,31,36)(H,32,35)/t15-,16-,22+/m0/s1. The summed E-state index contributed by atoms with van der Waals surface area (Å²) in [5, 5.41) is 7.05. The van der Waals surface area contributed by atoms with Crippen LogP contribution in [0.2, 0.25) is 0 Å². The summed E-state index contributed by atoms with van der Waals surface area (Å²) in [6.45, 7) is 7.05. The smallest absolute Gasteiger partial charge is 0.327 e. The van der Waals surface area contributed by atoms with E-state index in [2.05, 4.69) is 15.5 Å². The number of carbonyl (C=O) groups is 4. The maximum Gasteiger partial charge on any atom is 0.327 e. The zero-order chi connectivity index (χ0) is 28.2. The number of alkyl halides is 2. The maximum absolute atomic E-state index is 15.0. The van der Waals surface area contributed by atoms with Gasteiger partial charge in [-0.3, -0.25) is 19.2 Å². The summed E-state index contributed by atoms with van der Waals surface area (Å²) in [7, 11) is 1.96. The number of hydrogen-bond acceptors (Lipinski definition) is 5. The highest BCUT2D eigenvalue weighted by atomic mass is 19.3. The molecule has 1 aromatic carbocycles. The van der Waals surface area contributed by atoms with E-state index in [1.165, 1.54) is 19.1 Å². The molecule has 3 N–H and O–H groups in total. The summed E-state index contributed by atoms with van der Waals surface area (Å²) < 4.78 is 42.9.